The van der Waals surface area contributed by atoms with Crippen LogP contribution in [0, 0.1) is 0 Å². The van der Waals surface area contributed by atoms with Crippen LogP contribution in [0.1, 0.15) is 280 Å². The maximum Gasteiger partial charge on any atom is 0.472 e. The van der Waals surface area contributed by atoms with Crippen molar-refractivity contribution in [2.45, 2.75) is 198 Å². The van der Waals surface area contributed by atoms with E-state index in [0.717, 1.165) is 0 Å². The van der Waals surface area contributed by atoms with Gasteiger partial charge in [0.15, 0.2) is 6.10 Å². The molecule has 0 bridgehead atoms. The molecule has 10 heteroatoms. The molecule has 49 heavy (non-hydrogen) atoms. The molecule has 290 valence electrons. The number of hydrogen-bond donors (Lipinski definition) is 2. The van der Waals surface area contributed by atoms with E-state index in [4.69, 9.17) is 93.5 Å². The second-order valence-electron chi connectivity index (χ2n) is 6.76. The zero-order valence-electron chi connectivity index (χ0n) is 88.7. The highest BCUT2D eigenvalue weighted by molar-refractivity contribution is 7.47. The van der Waals surface area contributed by atoms with E-state index in [2.05, 4.69) is 18.5 Å². The zero-order chi connectivity index (χ0) is 93.0. The summed E-state index contributed by atoms with van der Waals surface area (Å²) in [5, 5.41) is 0. The lowest BCUT2D eigenvalue weighted by molar-refractivity contribution is -0.161. The quantitative estimate of drug-likeness (QED) is 0.0356. The van der Waals surface area contributed by atoms with Crippen molar-refractivity contribution in [3.05, 3.63) is 12.1 Å². The average molecular weight is 782 g/mol. The van der Waals surface area contributed by atoms with Gasteiger partial charge in [0.2, 0.25) is 0 Å². The molecule has 0 rings (SSSR count). The van der Waals surface area contributed by atoms with Crippen LogP contribution in [0.5, 0.6) is 0 Å². The Bertz CT molecular complexity index is 3500. The number of carbonyl (C=O) groups is 2. The Morgan fingerprint density at radius 1 is 0.673 bits per heavy atom. The monoisotopic (exact) mass is 782 g/mol. The summed E-state index contributed by atoms with van der Waals surface area (Å²) in [6.45, 7) is -14.5. The van der Waals surface area contributed by atoms with E-state index in [0.29, 0.717) is 0 Å². The molecule has 9 nitrogen and oxygen atoms in total. The number of esters is 2. The minimum atomic E-state index is -5.70. The van der Waals surface area contributed by atoms with Crippen molar-refractivity contribution >= 4 is 19.8 Å². The first kappa shape index (κ1) is 8.51. The standard InChI is InChI=1S/C39H76NO8P/c1-3-5-7-9-11-13-15-17-18-20-22-24-26-28-30-32-39(42)48-37(36-47-49(43,44)46-34-33-40)35-45-38(41)31-29-27-25-23-21-19-16-14-12-10-8-6-4-2/h17-18,37H,3-16,19-36,40H2,1-2H3,(H,43,44)/b18-17-/t37-/m1/s1/i1D3,2D3,3D2,4D2,5D2,6D2,7D2,8D2,9D2,10D2,11D2,12D2,13D2,14D2,15D2,16D2,17D,18D,19D2,20D2,21D2,22D2,23D2,24D2,25D2,26D2,27D2,28D2,29D2,30D2,31D2,32D2. The molecule has 0 aliphatic rings. The van der Waals surface area contributed by atoms with E-state index in [1.165, 1.54) is 0 Å². The van der Waals surface area contributed by atoms with Gasteiger partial charge >= 0.3 is 19.8 Å². The molecule has 2 atom stereocenters. The van der Waals surface area contributed by atoms with E-state index in [1.807, 2.05) is 0 Å². The Morgan fingerprint density at radius 3 is 1.57 bits per heavy atom. The number of carbonyl (C=O) groups excluding carboxylic acids is 2. The van der Waals surface area contributed by atoms with Gasteiger partial charge in [-0.25, -0.2) is 4.57 Å². The molecule has 0 heterocycles. The first-order valence-electron chi connectivity index (χ1n) is 44.4. The van der Waals surface area contributed by atoms with Crippen molar-refractivity contribution < 1.29 is 125 Å². The van der Waals surface area contributed by atoms with Crippen molar-refractivity contribution in [2.75, 3.05) is 26.4 Å². The predicted octanol–water partition coefficient (Wildman–Crippen LogP) is 11.1. The van der Waals surface area contributed by atoms with E-state index in [9.17, 15) is 19.0 Å². The van der Waals surface area contributed by atoms with Crippen molar-refractivity contribution in [3.63, 3.8) is 0 Å². The Kier molecular flexibility index (Phi) is 6.34. The molecular formula is C39H76NO8P. The summed E-state index contributed by atoms with van der Waals surface area (Å²) < 4.78 is 555. The summed E-state index contributed by atoms with van der Waals surface area (Å²) in [5.41, 5.74) is 5.17. The molecule has 3 N–H and O–H groups in total. The van der Waals surface area contributed by atoms with E-state index < -0.39 is 256 Å². The third kappa shape index (κ3) is 36.3. The Hall–Kier alpha value is -1.25. The fraction of sp³-hybridized carbons (Fsp3) is 0.897. The van der Waals surface area contributed by atoms with E-state index in [-0.39, 0.29) is 0 Å². The normalized spacial score (nSPS) is 41.9. The number of ether oxygens (including phenoxy) is 2. The summed E-state index contributed by atoms with van der Waals surface area (Å²) in [4.78, 5) is 37.7. The van der Waals surface area contributed by atoms with Gasteiger partial charge in [0.1, 0.15) is 6.61 Å². The van der Waals surface area contributed by atoms with Crippen molar-refractivity contribution in [1.82, 2.24) is 0 Å². The third-order valence-corrected chi connectivity index (χ3v) is 4.41. The Labute approximate surface area is 390 Å². The van der Waals surface area contributed by atoms with Crippen LogP contribution in [0.4, 0.5) is 0 Å². The summed E-state index contributed by atoms with van der Waals surface area (Å²) in [6.07, 6.45) is -149. The lowest BCUT2D eigenvalue weighted by Gasteiger charge is -2.19. The fourth-order valence-corrected chi connectivity index (χ4v) is 2.56. The van der Waals surface area contributed by atoms with Gasteiger partial charge in [-0.3, -0.25) is 18.6 Å². The minimum absolute atomic E-state index is 0.658. The lowest BCUT2D eigenvalue weighted by atomic mass is 10.0. The zero-order valence-corrected chi connectivity index (χ0v) is 25.6. The number of allylic oxidation sites excluding steroid dienone is 2. The highest BCUT2D eigenvalue weighted by Crippen LogP contribution is 2.43. The number of rotatable bonds is 38. The Morgan fingerprint density at radius 2 is 1.10 bits per heavy atom. The average Bonchev–Trinajstić information content (AvgIpc) is 0.684. The molecule has 0 aromatic heterocycles. The van der Waals surface area contributed by atoms with Crippen molar-refractivity contribution in [1.29, 1.82) is 0 Å². The van der Waals surface area contributed by atoms with Crippen LogP contribution in [0.3, 0.4) is 0 Å². The van der Waals surface area contributed by atoms with Gasteiger partial charge < -0.3 is 20.1 Å². The largest absolute Gasteiger partial charge is 0.472 e. The van der Waals surface area contributed by atoms with Gasteiger partial charge in [0.05, 0.1) is 16.0 Å². The molecule has 0 radical (unpaired) electrons. The van der Waals surface area contributed by atoms with Gasteiger partial charge in [-0.15, -0.1) is 0 Å². The lowest BCUT2D eigenvalue weighted by Crippen LogP contribution is -2.29. The van der Waals surface area contributed by atoms with E-state index >= 15 is 0 Å². The highest BCUT2D eigenvalue weighted by atomic mass is 31.2. The fourth-order valence-electron chi connectivity index (χ4n) is 1.80. The molecule has 0 aromatic carbocycles. The van der Waals surface area contributed by atoms with Crippen LogP contribution in [0.15, 0.2) is 12.1 Å². The van der Waals surface area contributed by atoms with E-state index in [1.54, 1.807) is 0 Å². The molecular weight excluding hydrogens is 641 g/mol. The molecule has 0 saturated carbocycles. The molecule has 0 amide bonds. The summed E-state index contributed by atoms with van der Waals surface area (Å²) in [7, 11) is -5.70. The van der Waals surface area contributed by atoms with Gasteiger partial charge in [-0.1, -0.05) is 153 Å². The van der Waals surface area contributed by atoms with Crippen molar-refractivity contribution in [2.24, 2.45) is 5.73 Å². The number of nitrogens with two attached hydrogens (primary N) is 1. The molecule has 0 fully saturated rings. The van der Waals surface area contributed by atoms with Gasteiger partial charge in [-0.2, -0.15) is 0 Å². The number of phosphoric acid groups is 1. The second kappa shape index (κ2) is 36.5. The smallest absolute Gasteiger partial charge is 0.462 e. The second-order valence-corrected chi connectivity index (χ2v) is 8.22. The topological polar surface area (TPSA) is 134 Å². The Balaban J connectivity index is 8.15. The summed E-state index contributed by atoms with van der Waals surface area (Å²) in [5.74, 6) is -6.17. The molecule has 0 aliphatic carbocycles. The molecule has 0 spiro atoms. The molecule has 0 aliphatic heterocycles. The summed E-state index contributed by atoms with van der Waals surface area (Å²) in [6, 6.07) is -5.63. The first-order valence-corrected chi connectivity index (χ1v) is 13.9. The van der Waals surface area contributed by atoms with Crippen LogP contribution in [0.25, 0.3) is 0 Å². The van der Waals surface area contributed by atoms with Crippen LogP contribution < -0.4 is 5.73 Å². The van der Waals surface area contributed by atoms with Crippen LogP contribution in [0.2, 0.25) is 0 Å². The maximum atomic E-state index is 13.9. The SMILES string of the molecule is [2H]/C(=C(\[2H])C([2H])([2H])C([2H])([2H])C([2H])([2H])C([2H])([2H])C([2H])([2H])C([2H])([2H])C([2H])([2H])C([2H])([2H])[2H])C([2H])([2H])C([2H])([2H])C([2H])([2H])C([2H])([2H])C([2H])([2H])C([2H])([2H])C([2H])([2H])C(=O)O[C@H](COC(=O)C([2H])([2H])C([2H])([2H])C([2H])([2H])C([2H])([2H])C([2H])([2H])C([2H])([2H])C([2H])([2H])C([2H])([2H])C([2H])([2H])C([2H])([2H])C([2H])([2H])C([2H])([2H])C([2H])([2H])C([2H])([2H])C([2H])([2H])[2H])COP(=O)(O)OCCN. The van der Waals surface area contributed by atoms with Crippen molar-refractivity contribution in [3.8, 4) is 0 Å². The first-order chi connectivity index (χ1) is 48.0. The van der Waals surface area contributed by atoms with Gasteiger partial charge in [0, 0.05) is 104 Å². The van der Waals surface area contributed by atoms with Crippen LogP contribution >= 0.6 is 7.82 Å². The maximum absolute atomic E-state index is 13.9. The van der Waals surface area contributed by atoms with Crippen LogP contribution in [-0.4, -0.2) is 49.3 Å². The molecule has 0 saturated heterocycles. The summed E-state index contributed by atoms with van der Waals surface area (Å²) >= 11 is 0. The molecule has 1 unspecified atom stereocenters. The molecule has 0 aromatic rings. The highest BCUT2D eigenvalue weighted by Gasteiger charge is 2.26. The third-order valence-electron chi connectivity index (χ3n) is 3.42. The number of phosphoric ester groups is 1. The van der Waals surface area contributed by atoms with Crippen LogP contribution in [-0.2, 0) is 32.7 Å². The van der Waals surface area contributed by atoms with Gasteiger partial charge in [0.25, 0.3) is 0 Å². The number of hydrogen-bond acceptors (Lipinski definition) is 8. The minimum Gasteiger partial charge on any atom is -0.462 e. The van der Waals surface area contributed by atoms with Gasteiger partial charge in [-0.05, 0) is 38.2 Å². The predicted molar refractivity (Wildman–Crippen MR) is 201 cm³/mol.